The number of carbonyl (C=O) groups excluding carboxylic acids is 1. The van der Waals surface area contributed by atoms with Crippen LogP contribution in [0.15, 0.2) is 12.1 Å². The molecule has 0 spiro atoms. The van der Waals surface area contributed by atoms with Crippen LogP contribution < -0.4 is 4.74 Å². The van der Waals surface area contributed by atoms with E-state index in [0.717, 1.165) is 12.8 Å². The van der Waals surface area contributed by atoms with Crippen molar-refractivity contribution < 1.29 is 9.53 Å². The predicted octanol–water partition coefficient (Wildman–Crippen LogP) is 2.64. The molecular weight excluding hydrogens is 204 g/mol. The third kappa shape index (κ3) is 3.96. The van der Waals surface area contributed by atoms with E-state index in [1.54, 1.807) is 12.1 Å². The maximum Gasteiger partial charge on any atom is 0.233 e. The van der Waals surface area contributed by atoms with Crippen LogP contribution in [-0.4, -0.2) is 23.1 Å². The molecule has 4 nitrogen and oxygen atoms in total. The van der Waals surface area contributed by atoms with E-state index in [2.05, 4.69) is 17.1 Å². The van der Waals surface area contributed by atoms with Gasteiger partial charge < -0.3 is 4.74 Å². The molecule has 0 N–H and O–H groups in total. The Morgan fingerprint density at radius 1 is 1.25 bits per heavy atom. The number of nitrogens with zero attached hydrogens (tertiary/aromatic N) is 2. The molecule has 1 heterocycles. The van der Waals surface area contributed by atoms with E-state index < -0.39 is 0 Å². The van der Waals surface area contributed by atoms with E-state index in [1.807, 2.05) is 0 Å². The Bertz CT molecular complexity index is 322. The van der Waals surface area contributed by atoms with Gasteiger partial charge >= 0.3 is 0 Å². The summed E-state index contributed by atoms with van der Waals surface area (Å²) >= 11 is 0. The number of rotatable bonds is 7. The van der Waals surface area contributed by atoms with Crippen LogP contribution in [0.25, 0.3) is 0 Å². The molecule has 88 valence electrons. The molecule has 1 aromatic heterocycles. The van der Waals surface area contributed by atoms with Gasteiger partial charge in [-0.15, -0.1) is 10.2 Å². The zero-order chi connectivity index (χ0) is 11.8. The molecule has 0 bridgehead atoms. The molecule has 0 unspecified atom stereocenters. The Morgan fingerprint density at radius 3 is 2.62 bits per heavy atom. The molecule has 0 aromatic carbocycles. The summed E-state index contributed by atoms with van der Waals surface area (Å²) in [6.07, 6.45) is 4.95. The normalized spacial score (nSPS) is 10.1. The minimum atomic E-state index is 0.0613. The quantitative estimate of drug-likeness (QED) is 0.525. The van der Waals surface area contributed by atoms with Gasteiger partial charge in [0.25, 0.3) is 0 Å². The highest BCUT2D eigenvalue weighted by atomic mass is 16.5. The molecule has 0 saturated carbocycles. The van der Waals surface area contributed by atoms with Crippen molar-refractivity contribution in [1.29, 1.82) is 0 Å². The van der Waals surface area contributed by atoms with Crippen LogP contribution in [0.2, 0.25) is 0 Å². The summed E-state index contributed by atoms with van der Waals surface area (Å²) in [6.45, 7) is 2.15. The van der Waals surface area contributed by atoms with Crippen LogP contribution in [0.3, 0.4) is 0 Å². The number of Topliss-reactive ketones (excluding diaryl/α,β-unsaturated/α-hetero) is 1. The number of hydrogen-bond acceptors (Lipinski definition) is 4. The number of methoxy groups -OCH3 is 1. The molecule has 0 radical (unpaired) electrons. The van der Waals surface area contributed by atoms with Crippen LogP contribution in [0.5, 0.6) is 5.88 Å². The molecule has 0 fully saturated rings. The molecular formula is C12H18N2O2. The average molecular weight is 222 g/mol. The summed E-state index contributed by atoms with van der Waals surface area (Å²) in [7, 11) is 1.52. The van der Waals surface area contributed by atoms with Crippen LogP contribution in [0.4, 0.5) is 0 Å². The van der Waals surface area contributed by atoms with E-state index in [4.69, 9.17) is 4.74 Å². The molecule has 0 aliphatic rings. The van der Waals surface area contributed by atoms with Crippen molar-refractivity contribution in [2.75, 3.05) is 7.11 Å². The highest BCUT2D eigenvalue weighted by Gasteiger charge is 2.07. The molecule has 0 atom stereocenters. The first kappa shape index (κ1) is 12.6. The number of carbonyl (C=O) groups is 1. The lowest BCUT2D eigenvalue weighted by molar-refractivity contribution is 0.0973. The summed E-state index contributed by atoms with van der Waals surface area (Å²) in [5, 5.41) is 7.59. The van der Waals surface area contributed by atoms with E-state index >= 15 is 0 Å². The zero-order valence-corrected chi connectivity index (χ0v) is 9.90. The van der Waals surface area contributed by atoms with Gasteiger partial charge in [-0.2, -0.15) is 0 Å². The van der Waals surface area contributed by atoms with Crippen molar-refractivity contribution in [2.24, 2.45) is 0 Å². The Morgan fingerprint density at radius 2 is 2.06 bits per heavy atom. The largest absolute Gasteiger partial charge is 0.480 e. The minimum Gasteiger partial charge on any atom is -0.480 e. The summed E-state index contributed by atoms with van der Waals surface area (Å²) in [5.41, 5.74) is 0.428. The van der Waals surface area contributed by atoms with Crippen molar-refractivity contribution in [3.05, 3.63) is 17.8 Å². The van der Waals surface area contributed by atoms with Crippen LogP contribution in [0, 0.1) is 0 Å². The molecule has 1 rings (SSSR count). The molecule has 0 saturated heterocycles. The van der Waals surface area contributed by atoms with Gasteiger partial charge in [0.2, 0.25) is 5.88 Å². The minimum absolute atomic E-state index is 0.0613. The van der Waals surface area contributed by atoms with Crippen molar-refractivity contribution in [3.63, 3.8) is 0 Å². The SMILES string of the molecule is CCCCCCC(=O)c1ccc(OC)nn1. The number of ether oxygens (including phenoxy) is 1. The topological polar surface area (TPSA) is 52.1 Å². The number of hydrogen-bond donors (Lipinski definition) is 0. The van der Waals surface area contributed by atoms with E-state index in [0.29, 0.717) is 18.0 Å². The summed E-state index contributed by atoms with van der Waals surface area (Å²) < 4.78 is 4.88. The third-order valence-corrected chi connectivity index (χ3v) is 2.39. The van der Waals surface area contributed by atoms with Crippen molar-refractivity contribution in [3.8, 4) is 5.88 Å². The average Bonchev–Trinajstić information content (AvgIpc) is 2.34. The number of aromatic nitrogens is 2. The molecule has 4 heteroatoms. The van der Waals surface area contributed by atoms with Crippen molar-refractivity contribution >= 4 is 5.78 Å². The van der Waals surface area contributed by atoms with Crippen LogP contribution in [-0.2, 0) is 0 Å². The first-order valence-corrected chi connectivity index (χ1v) is 5.69. The second kappa shape index (κ2) is 6.93. The third-order valence-electron chi connectivity index (χ3n) is 2.39. The van der Waals surface area contributed by atoms with Crippen molar-refractivity contribution in [1.82, 2.24) is 10.2 Å². The highest BCUT2D eigenvalue weighted by molar-refractivity contribution is 5.93. The van der Waals surface area contributed by atoms with Crippen molar-refractivity contribution in [2.45, 2.75) is 39.0 Å². The van der Waals surface area contributed by atoms with Gasteiger partial charge in [-0.1, -0.05) is 26.2 Å². The standard InChI is InChI=1S/C12H18N2O2/c1-3-4-5-6-7-11(15)10-8-9-12(16-2)14-13-10/h8-9H,3-7H2,1-2H3. The van der Waals surface area contributed by atoms with Gasteiger partial charge in [-0.25, -0.2) is 0 Å². The summed E-state index contributed by atoms with van der Waals surface area (Å²) in [5.74, 6) is 0.494. The Labute approximate surface area is 96.0 Å². The van der Waals surface area contributed by atoms with E-state index in [9.17, 15) is 4.79 Å². The van der Waals surface area contributed by atoms with Gasteiger partial charge in [0.05, 0.1) is 7.11 Å². The first-order chi connectivity index (χ1) is 7.77. The second-order valence-electron chi connectivity index (χ2n) is 3.69. The molecule has 16 heavy (non-hydrogen) atoms. The first-order valence-electron chi connectivity index (χ1n) is 5.69. The van der Waals surface area contributed by atoms with E-state index in [-0.39, 0.29) is 5.78 Å². The van der Waals surface area contributed by atoms with E-state index in [1.165, 1.54) is 20.0 Å². The lowest BCUT2D eigenvalue weighted by Gasteiger charge is -2.00. The Balaban J connectivity index is 2.40. The summed E-state index contributed by atoms with van der Waals surface area (Å²) in [4.78, 5) is 11.7. The van der Waals surface area contributed by atoms with Crippen LogP contribution in [0.1, 0.15) is 49.5 Å². The van der Waals surface area contributed by atoms with Gasteiger partial charge in [-0.05, 0) is 12.5 Å². The number of ketones is 1. The molecule has 1 aromatic rings. The van der Waals surface area contributed by atoms with Crippen LogP contribution >= 0.6 is 0 Å². The fourth-order valence-electron chi connectivity index (χ4n) is 1.42. The highest BCUT2D eigenvalue weighted by Crippen LogP contribution is 2.09. The predicted molar refractivity (Wildman–Crippen MR) is 61.7 cm³/mol. The fourth-order valence-corrected chi connectivity index (χ4v) is 1.42. The Hall–Kier alpha value is -1.45. The number of unbranched alkanes of at least 4 members (excludes halogenated alkanes) is 3. The monoisotopic (exact) mass is 222 g/mol. The fraction of sp³-hybridized carbons (Fsp3) is 0.583. The second-order valence-corrected chi connectivity index (χ2v) is 3.69. The smallest absolute Gasteiger partial charge is 0.233 e. The molecule has 0 aliphatic heterocycles. The molecule has 0 aliphatic carbocycles. The van der Waals surface area contributed by atoms with Gasteiger partial charge in [0, 0.05) is 12.5 Å². The zero-order valence-electron chi connectivity index (χ0n) is 9.90. The van der Waals surface area contributed by atoms with Gasteiger partial charge in [0.1, 0.15) is 5.69 Å². The summed E-state index contributed by atoms with van der Waals surface area (Å²) in [6, 6.07) is 3.32. The molecule has 0 amide bonds. The van der Waals surface area contributed by atoms with Gasteiger partial charge in [-0.3, -0.25) is 4.79 Å². The lowest BCUT2D eigenvalue weighted by atomic mass is 10.1. The Kier molecular flexibility index (Phi) is 5.46. The lowest BCUT2D eigenvalue weighted by Crippen LogP contribution is -2.04. The van der Waals surface area contributed by atoms with Gasteiger partial charge in [0.15, 0.2) is 5.78 Å². The maximum absolute atomic E-state index is 11.7. The maximum atomic E-state index is 11.7.